The van der Waals surface area contributed by atoms with Gasteiger partial charge in [0.05, 0.1) is 7.11 Å². The maximum Gasteiger partial charge on any atom is 0.248 e. The van der Waals surface area contributed by atoms with Gasteiger partial charge in [0.1, 0.15) is 23.9 Å². The van der Waals surface area contributed by atoms with Crippen molar-refractivity contribution in [3.8, 4) is 23.1 Å². The third-order valence-electron chi connectivity index (χ3n) is 5.87. The first-order valence-corrected chi connectivity index (χ1v) is 11.7. The van der Waals surface area contributed by atoms with Gasteiger partial charge >= 0.3 is 0 Å². The Labute approximate surface area is 201 Å². The summed E-state index contributed by atoms with van der Waals surface area (Å²) < 4.78 is 19.2. The van der Waals surface area contributed by atoms with E-state index in [4.69, 9.17) is 14.2 Å². The molecule has 1 fully saturated rings. The smallest absolute Gasteiger partial charge is 0.248 e. The quantitative estimate of drug-likeness (QED) is 0.484. The highest BCUT2D eigenvalue weighted by Crippen LogP contribution is 2.43. The monoisotopic (exact) mass is 511 g/mol. The fraction of sp³-hybridized carbons (Fsp3) is 0.333. The highest BCUT2D eigenvalue weighted by Gasteiger charge is 2.24. The molecule has 0 saturated carbocycles. The van der Waals surface area contributed by atoms with Gasteiger partial charge in [-0.25, -0.2) is 4.98 Å². The molecule has 2 aliphatic heterocycles. The van der Waals surface area contributed by atoms with Crippen LogP contribution in [0.4, 0.5) is 17.2 Å². The summed E-state index contributed by atoms with van der Waals surface area (Å²) in [6.07, 6.45) is 3.62. The maximum atomic E-state index is 6.33. The lowest BCUT2D eigenvalue weighted by molar-refractivity contribution is 0.111. The van der Waals surface area contributed by atoms with E-state index in [-0.39, 0.29) is 6.10 Å². The normalized spacial score (nSPS) is 16.0. The summed E-state index contributed by atoms with van der Waals surface area (Å²) in [5.41, 5.74) is 2.56. The number of nitrogens with zero attached hydrogens (tertiary/aromatic N) is 3. The molecule has 0 unspecified atom stereocenters. The van der Waals surface area contributed by atoms with Crippen molar-refractivity contribution in [1.82, 2.24) is 14.9 Å². The van der Waals surface area contributed by atoms with Gasteiger partial charge < -0.3 is 29.7 Å². The number of methoxy groups -OCH3 is 1. The summed E-state index contributed by atoms with van der Waals surface area (Å²) in [4.78, 5) is 11.1. The predicted octanol–water partition coefficient (Wildman–Crippen LogP) is 5.18. The van der Waals surface area contributed by atoms with Crippen LogP contribution in [0.5, 0.6) is 23.1 Å². The molecular weight excluding hydrogens is 486 g/mol. The van der Waals surface area contributed by atoms with Crippen molar-refractivity contribution in [2.75, 3.05) is 37.9 Å². The van der Waals surface area contributed by atoms with E-state index >= 15 is 0 Å². The lowest BCUT2D eigenvalue weighted by atomic mass is 10.1. The first kappa shape index (κ1) is 21.8. The number of benzene rings is 2. The van der Waals surface area contributed by atoms with Gasteiger partial charge in [-0.15, -0.1) is 0 Å². The molecule has 3 aromatic rings. The molecule has 0 bridgehead atoms. The molecule has 1 aromatic heterocycles. The number of ether oxygens (including phenoxy) is 3. The molecule has 0 radical (unpaired) electrons. The number of aromatic nitrogens is 2. The second-order valence-corrected chi connectivity index (χ2v) is 9.14. The summed E-state index contributed by atoms with van der Waals surface area (Å²) >= 11 is 3.50. The molecule has 5 rings (SSSR count). The molecule has 3 heterocycles. The van der Waals surface area contributed by atoms with Gasteiger partial charge in [-0.3, -0.25) is 0 Å². The molecule has 2 N–H and O–H groups in total. The minimum atomic E-state index is 0.160. The van der Waals surface area contributed by atoms with Crippen LogP contribution in [-0.4, -0.2) is 48.2 Å². The Morgan fingerprint density at radius 2 is 2.00 bits per heavy atom. The van der Waals surface area contributed by atoms with Crippen LogP contribution in [0.1, 0.15) is 18.4 Å². The van der Waals surface area contributed by atoms with E-state index in [1.165, 1.54) is 6.33 Å². The Morgan fingerprint density at radius 1 is 1.15 bits per heavy atom. The van der Waals surface area contributed by atoms with Gasteiger partial charge in [-0.1, -0.05) is 22.0 Å². The Hall–Kier alpha value is -3.04. The van der Waals surface area contributed by atoms with Gasteiger partial charge in [0.2, 0.25) is 5.88 Å². The Bertz CT molecular complexity index is 1150. The summed E-state index contributed by atoms with van der Waals surface area (Å²) in [5.74, 6) is 3.17. The van der Waals surface area contributed by atoms with Gasteiger partial charge in [0.15, 0.2) is 17.3 Å². The van der Waals surface area contributed by atoms with Crippen LogP contribution < -0.4 is 24.8 Å². The Kier molecular flexibility index (Phi) is 6.24. The zero-order valence-corrected chi connectivity index (χ0v) is 20.2. The van der Waals surface area contributed by atoms with Crippen LogP contribution in [0, 0.1) is 0 Å². The predicted molar refractivity (Wildman–Crippen MR) is 131 cm³/mol. The van der Waals surface area contributed by atoms with E-state index in [1.54, 1.807) is 7.11 Å². The molecule has 0 atom stereocenters. The molecule has 0 spiro atoms. The third kappa shape index (κ3) is 4.84. The first-order chi connectivity index (χ1) is 16.1. The maximum absolute atomic E-state index is 6.33. The number of fused-ring (bicyclic) bond motifs is 2. The van der Waals surface area contributed by atoms with Crippen LogP contribution >= 0.6 is 15.9 Å². The molecule has 172 valence electrons. The van der Waals surface area contributed by atoms with E-state index in [2.05, 4.69) is 48.5 Å². The van der Waals surface area contributed by atoms with Crippen molar-refractivity contribution >= 4 is 33.1 Å². The topological polar surface area (TPSA) is 80.8 Å². The fourth-order valence-electron chi connectivity index (χ4n) is 4.04. The summed E-state index contributed by atoms with van der Waals surface area (Å²) in [5, 5.41) is 6.76. The summed E-state index contributed by atoms with van der Waals surface area (Å²) in [6.45, 7) is 2.58. The first-order valence-electron chi connectivity index (χ1n) is 10.9. The SMILES string of the molecule is COc1cc2c(cc1OC1CCN(C)CC1)Oc1ncnc(Nc3cccc(Br)c3)c1NC2. The van der Waals surface area contributed by atoms with Crippen molar-refractivity contribution in [3.63, 3.8) is 0 Å². The highest BCUT2D eigenvalue weighted by atomic mass is 79.9. The van der Waals surface area contributed by atoms with Crippen molar-refractivity contribution < 1.29 is 14.2 Å². The van der Waals surface area contributed by atoms with Crippen LogP contribution in [0.15, 0.2) is 47.2 Å². The minimum Gasteiger partial charge on any atom is -0.493 e. The molecule has 9 heteroatoms. The van der Waals surface area contributed by atoms with Crippen LogP contribution in [0.2, 0.25) is 0 Å². The van der Waals surface area contributed by atoms with Crippen LogP contribution in [0.3, 0.4) is 0 Å². The van der Waals surface area contributed by atoms with Gasteiger partial charge in [0, 0.05) is 41.4 Å². The fourth-order valence-corrected chi connectivity index (χ4v) is 4.44. The van der Waals surface area contributed by atoms with Crippen LogP contribution in [-0.2, 0) is 6.54 Å². The standard InChI is InChI=1S/C24H26BrN5O3/c1-30-8-6-18(7-9-30)32-21-12-19-15(10-20(21)31-2)13-26-22-23(27-14-28-24(22)33-19)29-17-5-3-4-16(25)11-17/h3-5,10-12,14,18,26H,6-9,13H2,1-2H3,(H,27,28,29). The van der Waals surface area contributed by atoms with Crippen molar-refractivity contribution in [2.45, 2.75) is 25.5 Å². The number of rotatable bonds is 5. The molecule has 0 amide bonds. The third-order valence-corrected chi connectivity index (χ3v) is 6.36. The largest absolute Gasteiger partial charge is 0.493 e. The molecular formula is C24H26BrN5O3. The van der Waals surface area contributed by atoms with Gasteiger partial charge in [0.25, 0.3) is 0 Å². The molecule has 0 aliphatic carbocycles. The van der Waals surface area contributed by atoms with E-state index < -0.39 is 0 Å². The van der Waals surface area contributed by atoms with Crippen molar-refractivity contribution in [3.05, 3.63) is 52.8 Å². The van der Waals surface area contributed by atoms with Gasteiger partial charge in [-0.05, 0) is 44.2 Å². The Balaban J connectivity index is 1.42. The number of piperidine rings is 1. The second-order valence-electron chi connectivity index (χ2n) is 8.22. The minimum absolute atomic E-state index is 0.160. The number of hydrogen-bond acceptors (Lipinski definition) is 8. The van der Waals surface area contributed by atoms with E-state index in [0.29, 0.717) is 41.2 Å². The number of nitrogens with one attached hydrogen (secondary N) is 2. The molecule has 8 nitrogen and oxygen atoms in total. The number of likely N-dealkylation sites (tertiary alicyclic amines) is 1. The Morgan fingerprint density at radius 3 is 2.79 bits per heavy atom. The zero-order valence-electron chi connectivity index (χ0n) is 18.6. The lowest BCUT2D eigenvalue weighted by Crippen LogP contribution is -2.35. The average Bonchev–Trinajstić information content (AvgIpc) is 2.99. The van der Waals surface area contributed by atoms with Gasteiger partial charge in [-0.2, -0.15) is 4.98 Å². The van der Waals surface area contributed by atoms with Crippen molar-refractivity contribution in [1.29, 1.82) is 0 Å². The van der Waals surface area contributed by atoms with Crippen LogP contribution in [0.25, 0.3) is 0 Å². The molecule has 2 aromatic carbocycles. The number of hydrogen-bond donors (Lipinski definition) is 2. The van der Waals surface area contributed by atoms with E-state index in [0.717, 1.165) is 41.7 Å². The lowest BCUT2D eigenvalue weighted by Gasteiger charge is -2.29. The number of anilines is 3. The molecule has 1 saturated heterocycles. The zero-order chi connectivity index (χ0) is 22.8. The van der Waals surface area contributed by atoms with Crippen molar-refractivity contribution in [2.24, 2.45) is 0 Å². The van der Waals surface area contributed by atoms with E-state index in [1.807, 2.05) is 36.4 Å². The molecule has 33 heavy (non-hydrogen) atoms. The summed E-state index contributed by atoms with van der Waals surface area (Å²) in [7, 11) is 3.80. The average molecular weight is 512 g/mol. The number of halogens is 1. The van der Waals surface area contributed by atoms with E-state index in [9.17, 15) is 0 Å². The summed E-state index contributed by atoms with van der Waals surface area (Å²) in [6, 6.07) is 11.8. The highest BCUT2D eigenvalue weighted by molar-refractivity contribution is 9.10. The molecule has 2 aliphatic rings. The second kappa shape index (κ2) is 9.44.